The Hall–Kier alpha value is -2.63. The number of benzene rings is 1. The van der Waals surface area contributed by atoms with E-state index in [0.29, 0.717) is 12.4 Å². The Morgan fingerprint density at radius 1 is 1.21 bits per heavy atom. The molecule has 2 heterocycles. The lowest BCUT2D eigenvalue weighted by Gasteiger charge is -2.08. The molecular formula is C13H12N4O2. The van der Waals surface area contributed by atoms with Crippen molar-refractivity contribution in [2.75, 3.05) is 7.11 Å². The second kappa shape index (κ2) is 4.93. The number of fused-ring (bicyclic) bond motifs is 1. The molecule has 3 rings (SSSR count). The molecule has 6 heteroatoms. The van der Waals surface area contributed by atoms with Gasteiger partial charge in [0.15, 0.2) is 5.82 Å². The average molecular weight is 256 g/mol. The van der Waals surface area contributed by atoms with Gasteiger partial charge in [-0.05, 0) is 18.2 Å². The van der Waals surface area contributed by atoms with Crippen molar-refractivity contribution in [3.8, 4) is 11.5 Å². The SMILES string of the molecule is COc1ccc2c(OCc3ncn[nH]3)ccnc2c1. The van der Waals surface area contributed by atoms with Crippen LogP contribution in [0.3, 0.4) is 0 Å². The summed E-state index contributed by atoms with van der Waals surface area (Å²) in [5, 5.41) is 7.46. The highest BCUT2D eigenvalue weighted by molar-refractivity contribution is 5.85. The zero-order valence-corrected chi connectivity index (χ0v) is 10.3. The van der Waals surface area contributed by atoms with E-state index in [4.69, 9.17) is 9.47 Å². The van der Waals surface area contributed by atoms with Crippen molar-refractivity contribution in [3.05, 3.63) is 42.6 Å². The molecule has 6 nitrogen and oxygen atoms in total. The number of aromatic amines is 1. The third kappa shape index (κ3) is 2.33. The third-order valence-electron chi connectivity index (χ3n) is 2.74. The van der Waals surface area contributed by atoms with Gasteiger partial charge in [0, 0.05) is 17.6 Å². The largest absolute Gasteiger partial charge is 0.497 e. The van der Waals surface area contributed by atoms with Gasteiger partial charge < -0.3 is 9.47 Å². The van der Waals surface area contributed by atoms with Crippen LogP contribution in [0.15, 0.2) is 36.8 Å². The predicted molar refractivity (Wildman–Crippen MR) is 69.0 cm³/mol. The van der Waals surface area contributed by atoms with Crippen LogP contribution in [0.4, 0.5) is 0 Å². The van der Waals surface area contributed by atoms with Crippen LogP contribution in [0.2, 0.25) is 0 Å². The molecule has 0 fully saturated rings. The summed E-state index contributed by atoms with van der Waals surface area (Å²) in [6.45, 7) is 0.338. The molecule has 2 aromatic heterocycles. The van der Waals surface area contributed by atoms with Crippen molar-refractivity contribution in [1.29, 1.82) is 0 Å². The molecule has 0 atom stereocenters. The summed E-state index contributed by atoms with van der Waals surface area (Å²) in [6, 6.07) is 7.50. The average Bonchev–Trinajstić information content (AvgIpc) is 2.97. The van der Waals surface area contributed by atoms with E-state index in [-0.39, 0.29) is 0 Å². The van der Waals surface area contributed by atoms with Gasteiger partial charge in [0.2, 0.25) is 0 Å². The number of rotatable bonds is 4. The van der Waals surface area contributed by atoms with Gasteiger partial charge in [-0.25, -0.2) is 4.98 Å². The second-order valence-corrected chi connectivity index (χ2v) is 3.91. The molecule has 0 aliphatic rings. The van der Waals surface area contributed by atoms with Gasteiger partial charge in [0.05, 0.1) is 12.6 Å². The molecule has 0 unspecified atom stereocenters. The smallest absolute Gasteiger partial charge is 0.162 e. The number of nitrogens with zero attached hydrogens (tertiary/aromatic N) is 3. The summed E-state index contributed by atoms with van der Waals surface area (Å²) < 4.78 is 10.9. The fourth-order valence-corrected chi connectivity index (χ4v) is 1.80. The number of methoxy groups -OCH3 is 1. The Morgan fingerprint density at radius 3 is 2.95 bits per heavy atom. The molecule has 0 amide bonds. The molecule has 3 aromatic rings. The van der Waals surface area contributed by atoms with E-state index in [1.807, 2.05) is 24.3 Å². The van der Waals surface area contributed by atoms with Gasteiger partial charge in [-0.3, -0.25) is 10.1 Å². The van der Waals surface area contributed by atoms with Crippen LogP contribution >= 0.6 is 0 Å². The zero-order valence-electron chi connectivity index (χ0n) is 10.3. The zero-order chi connectivity index (χ0) is 13.1. The van der Waals surface area contributed by atoms with E-state index in [2.05, 4.69) is 20.2 Å². The van der Waals surface area contributed by atoms with E-state index in [9.17, 15) is 0 Å². The minimum atomic E-state index is 0.338. The number of nitrogens with one attached hydrogen (secondary N) is 1. The number of H-pyrrole nitrogens is 1. The third-order valence-corrected chi connectivity index (χ3v) is 2.74. The standard InChI is InChI=1S/C13H12N4O2/c1-18-9-2-3-10-11(6-9)14-5-4-12(10)19-7-13-15-8-16-17-13/h2-6,8H,7H2,1H3,(H,15,16,17). The minimum Gasteiger partial charge on any atom is -0.497 e. The summed E-state index contributed by atoms with van der Waals surface area (Å²) in [6.07, 6.45) is 3.16. The Kier molecular flexibility index (Phi) is 2.97. The first-order valence-electron chi connectivity index (χ1n) is 5.76. The van der Waals surface area contributed by atoms with Crippen LogP contribution in [0.1, 0.15) is 5.82 Å². The van der Waals surface area contributed by atoms with Crippen molar-refractivity contribution in [2.45, 2.75) is 6.61 Å². The van der Waals surface area contributed by atoms with Crippen molar-refractivity contribution >= 4 is 10.9 Å². The molecule has 0 saturated heterocycles. The quantitative estimate of drug-likeness (QED) is 0.772. The highest BCUT2D eigenvalue weighted by Gasteiger charge is 2.05. The van der Waals surface area contributed by atoms with Gasteiger partial charge in [0.25, 0.3) is 0 Å². The number of aromatic nitrogens is 4. The molecule has 19 heavy (non-hydrogen) atoms. The molecule has 0 aliphatic heterocycles. The molecule has 1 N–H and O–H groups in total. The fourth-order valence-electron chi connectivity index (χ4n) is 1.80. The van der Waals surface area contributed by atoms with E-state index < -0.39 is 0 Å². The van der Waals surface area contributed by atoms with Crippen LogP contribution in [-0.2, 0) is 6.61 Å². The van der Waals surface area contributed by atoms with Gasteiger partial charge in [-0.2, -0.15) is 5.10 Å². The van der Waals surface area contributed by atoms with Crippen molar-refractivity contribution in [1.82, 2.24) is 20.2 Å². The van der Waals surface area contributed by atoms with E-state index >= 15 is 0 Å². The molecule has 0 spiro atoms. The van der Waals surface area contributed by atoms with E-state index in [1.165, 1.54) is 6.33 Å². The maximum atomic E-state index is 5.72. The van der Waals surface area contributed by atoms with Gasteiger partial charge in [-0.15, -0.1) is 0 Å². The first-order chi connectivity index (χ1) is 9.36. The van der Waals surface area contributed by atoms with Gasteiger partial charge in [-0.1, -0.05) is 0 Å². The van der Waals surface area contributed by atoms with Crippen LogP contribution in [-0.4, -0.2) is 27.3 Å². The molecule has 1 aromatic carbocycles. The van der Waals surface area contributed by atoms with Crippen LogP contribution in [0.5, 0.6) is 11.5 Å². The topological polar surface area (TPSA) is 72.9 Å². The highest BCUT2D eigenvalue weighted by atomic mass is 16.5. The Balaban J connectivity index is 1.90. The van der Waals surface area contributed by atoms with Gasteiger partial charge >= 0.3 is 0 Å². The second-order valence-electron chi connectivity index (χ2n) is 3.91. The lowest BCUT2D eigenvalue weighted by Crippen LogP contribution is -1.98. The number of hydrogen-bond acceptors (Lipinski definition) is 5. The number of ether oxygens (including phenoxy) is 2. The summed E-state index contributed by atoms with van der Waals surface area (Å²) in [5.41, 5.74) is 0.828. The molecular weight excluding hydrogens is 244 g/mol. The minimum absolute atomic E-state index is 0.338. The van der Waals surface area contributed by atoms with E-state index in [0.717, 1.165) is 22.4 Å². The summed E-state index contributed by atoms with van der Waals surface area (Å²) in [4.78, 5) is 8.31. The summed E-state index contributed by atoms with van der Waals surface area (Å²) in [7, 11) is 1.63. The molecule has 96 valence electrons. The normalized spacial score (nSPS) is 10.6. The monoisotopic (exact) mass is 256 g/mol. The molecule has 0 aliphatic carbocycles. The molecule has 0 radical (unpaired) electrons. The van der Waals surface area contributed by atoms with Crippen LogP contribution < -0.4 is 9.47 Å². The Morgan fingerprint density at radius 2 is 2.16 bits per heavy atom. The van der Waals surface area contributed by atoms with Crippen LogP contribution in [0.25, 0.3) is 10.9 Å². The summed E-state index contributed by atoms with van der Waals surface area (Å²) >= 11 is 0. The summed E-state index contributed by atoms with van der Waals surface area (Å²) in [5.74, 6) is 2.20. The van der Waals surface area contributed by atoms with Crippen molar-refractivity contribution in [2.24, 2.45) is 0 Å². The van der Waals surface area contributed by atoms with Crippen molar-refractivity contribution in [3.63, 3.8) is 0 Å². The Bertz CT molecular complexity index is 682. The number of hydrogen-bond donors (Lipinski definition) is 1. The maximum Gasteiger partial charge on any atom is 0.162 e. The first-order valence-corrected chi connectivity index (χ1v) is 5.76. The van der Waals surface area contributed by atoms with E-state index in [1.54, 1.807) is 13.3 Å². The maximum absolute atomic E-state index is 5.72. The lowest BCUT2D eigenvalue weighted by molar-refractivity contribution is 0.300. The van der Waals surface area contributed by atoms with Crippen molar-refractivity contribution < 1.29 is 9.47 Å². The Labute approximate surface area is 109 Å². The predicted octanol–water partition coefficient (Wildman–Crippen LogP) is 1.94. The molecule has 0 saturated carbocycles. The fraction of sp³-hybridized carbons (Fsp3) is 0.154. The molecule has 0 bridgehead atoms. The lowest BCUT2D eigenvalue weighted by atomic mass is 10.2. The first kappa shape index (κ1) is 11.5. The van der Waals surface area contributed by atoms with Crippen LogP contribution in [0, 0.1) is 0 Å². The van der Waals surface area contributed by atoms with Gasteiger partial charge in [0.1, 0.15) is 24.4 Å². The number of pyridine rings is 1. The highest BCUT2D eigenvalue weighted by Crippen LogP contribution is 2.27.